The topological polar surface area (TPSA) is 75.3 Å². The molecule has 0 heterocycles. The molecule has 0 spiro atoms. The highest BCUT2D eigenvalue weighted by molar-refractivity contribution is 7.88. The molecule has 0 bridgehead atoms. The minimum atomic E-state index is -4.40. The number of benzene rings is 2. The van der Waals surface area contributed by atoms with E-state index in [2.05, 4.69) is 10.0 Å². The summed E-state index contributed by atoms with van der Waals surface area (Å²) in [4.78, 5) is 12.3. The molecule has 2 rings (SSSR count). The van der Waals surface area contributed by atoms with Crippen LogP contribution in [0.15, 0.2) is 48.5 Å². The van der Waals surface area contributed by atoms with Gasteiger partial charge in [-0.1, -0.05) is 24.3 Å². The molecule has 9 heteroatoms. The molecule has 0 aromatic heterocycles. The van der Waals surface area contributed by atoms with Crippen molar-refractivity contribution in [1.82, 2.24) is 10.0 Å². The SMILES string of the molecule is CC(NC(=O)c1ccc(CCNS(C)(=O)=O)cc1)c1ccc(C(F)(F)F)cc1. The molecule has 0 aliphatic heterocycles. The first kappa shape index (κ1) is 21.9. The second kappa shape index (κ2) is 8.74. The molecule has 28 heavy (non-hydrogen) atoms. The van der Waals surface area contributed by atoms with Gasteiger partial charge in [-0.25, -0.2) is 13.1 Å². The van der Waals surface area contributed by atoms with Crippen LogP contribution in [0.5, 0.6) is 0 Å². The Bertz CT molecular complexity index is 909. The van der Waals surface area contributed by atoms with Crippen molar-refractivity contribution < 1.29 is 26.4 Å². The standard InChI is InChI=1S/C19H21F3N2O3S/c1-13(15-7-9-17(10-8-15)19(20,21)22)24-18(25)16-5-3-14(4-6-16)11-12-23-28(2,26)27/h3-10,13,23H,11-12H2,1-2H3,(H,24,25). The maximum atomic E-state index is 12.6. The smallest absolute Gasteiger partial charge is 0.346 e. The van der Waals surface area contributed by atoms with Crippen molar-refractivity contribution in [2.45, 2.75) is 25.6 Å². The van der Waals surface area contributed by atoms with E-state index in [1.807, 2.05) is 0 Å². The molecule has 2 aromatic rings. The molecular weight excluding hydrogens is 393 g/mol. The van der Waals surface area contributed by atoms with E-state index < -0.39 is 27.8 Å². The summed E-state index contributed by atoms with van der Waals surface area (Å²) in [6.45, 7) is 1.95. The predicted molar refractivity (Wildman–Crippen MR) is 100 cm³/mol. The molecule has 2 aromatic carbocycles. The number of alkyl halides is 3. The van der Waals surface area contributed by atoms with Crippen LogP contribution >= 0.6 is 0 Å². The monoisotopic (exact) mass is 414 g/mol. The van der Waals surface area contributed by atoms with Crippen molar-refractivity contribution in [2.24, 2.45) is 0 Å². The second-order valence-corrected chi connectivity index (χ2v) is 8.26. The molecule has 152 valence electrons. The van der Waals surface area contributed by atoms with Gasteiger partial charge in [-0.3, -0.25) is 4.79 Å². The summed E-state index contributed by atoms with van der Waals surface area (Å²) >= 11 is 0. The van der Waals surface area contributed by atoms with Crippen molar-refractivity contribution in [1.29, 1.82) is 0 Å². The van der Waals surface area contributed by atoms with Gasteiger partial charge in [-0.2, -0.15) is 13.2 Å². The van der Waals surface area contributed by atoms with Crippen LogP contribution in [0.4, 0.5) is 13.2 Å². The van der Waals surface area contributed by atoms with E-state index in [-0.39, 0.29) is 12.5 Å². The Morgan fingerprint density at radius 1 is 1.04 bits per heavy atom. The van der Waals surface area contributed by atoms with Crippen molar-refractivity contribution in [3.05, 3.63) is 70.8 Å². The fourth-order valence-corrected chi connectivity index (χ4v) is 3.00. The van der Waals surface area contributed by atoms with Gasteiger partial charge < -0.3 is 5.32 Å². The number of amides is 1. The van der Waals surface area contributed by atoms with Crippen LogP contribution in [0.25, 0.3) is 0 Å². The Morgan fingerprint density at radius 2 is 1.61 bits per heavy atom. The Morgan fingerprint density at radius 3 is 2.11 bits per heavy atom. The van der Waals surface area contributed by atoms with Crippen molar-refractivity contribution in [3.63, 3.8) is 0 Å². The van der Waals surface area contributed by atoms with E-state index in [9.17, 15) is 26.4 Å². The highest BCUT2D eigenvalue weighted by Gasteiger charge is 2.30. The average molecular weight is 414 g/mol. The zero-order valence-electron chi connectivity index (χ0n) is 15.4. The zero-order valence-corrected chi connectivity index (χ0v) is 16.2. The molecule has 0 aliphatic rings. The minimum Gasteiger partial charge on any atom is -0.346 e. The van der Waals surface area contributed by atoms with Crippen LogP contribution < -0.4 is 10.0 Å². The molecule has 1 unspecified atom stereocenters. The van der Waals surface area contributed by atoms with E-state index >= 15 is 0 Å². The molecule has 0 saturated heterocycles. The van der Waals surface area contributed by atoms with Gasteiger partial charge in [0.15, 0.2) is 0 Å². The van der Waals surface area contributed by atoms with E-state index in [4.69, 9.17) is 0 Å². The van der Waals surface area contributed by atoms with Gasteiger partial charge in [0.1, 0.15) is 0 Å². The Labute approximate surface area is 162 Å². The lowest BCUT2D eigenvalue weighted by molar-refractivity contribution is -0.137. The Balaban J connectivity index is 1.94. The van der Waals surface area contributed by atoms with Gasteiger partial charge >= 0.3 is 6.18 Å². The van der Waals surface area contributed by atoms with Gasteiger partial charge in [0, 0.05) is 12.1 Å². The molecule has 2 N–H and O–H groups in total. The van der Waals surface area contributed by atoms with Crippen LogP contribution in [0.1, 0.15) is 40.0 Å². The first-order valence-corrected chi connectivity index (χ1v) is 10.4. The summed E-state index contributed by atoms with van der Waals surface area (Å²) in [5.41, 5.74) is 1.09. The maximum Gasteiger partial charge on any atom is 0.416 e. The summed E-state index contributed by atoms with van der Waals surface area (Å²) in [5.74, 6) is -0.354. The summed E-state index contributed by atoms with van der Waals surface area (Å²) in [5, 5.41) is 2.74. The molecule has 0 aliphatic carbocycles. The van der Waals surface area contributed by atoms with E-state index in [0.717, 1.165) is 24.0 Å². The van der Waals surface area contributed by atoms with Crippen molar-refractivity contribution in [2.75, 3.05) is 12.8 Å². The van der Waals surface area contributed by atoms with E-state index in [0.29, 0.717) is 17.5 Å². The highest BCUT2D eigenvalue weighted by atomic mass is 32.2. The number of halogens is 3. The lowest BCUT2D eigenvalue weighted by Crippen LogP contribution is -2.26. The molecule has 0 radical (unpaired) electrons. The van der Waals surface area contributed by atoms with Gasteiger partial charge in [0.05, 0.1) is 17.9 Å². The first-order valence-electron chi connectivity index (χ1n) is 8.47. The number of nitrogens with one attached hydrogen (secondary N) is 2. The third-order valence-corrected chi connectivity index (χ3v) is 4.81. The van der Waals surface area contributed by atoms with Gasteiger partial charge in [0.25, 0.3) is 5.91 Å². The van der Waals surface area contributed by atoms with E-state index in [1.54, 1.807) is 31.2 Å². The predicted octanol–water partition coefficient (Wildman–Crippen LogP) is 3.29. The van der Waals surface area contributed by atoms with Gasteiger partial charge in [0.2, 0.25) is 10.0 Å². The molecule has 0 fully saturated rings. The Kier molecular flexibility index (Phi) is 6.84. The average Bonchev–Trinajstić information content (AvgIpc) is 2.60. The third kappa shape index (κ3) is 6.65. The van der Waals surface area contributed by atoms with Crippen LogP contribution in [-0.4, -0.2) is 27.1 Å². The first-order chi connectivity index (χ1) is 13.0. The fraction of sp³-hybridized carbons (Fsp3) is 0.316. The van der Waals surface area contributed by atoms with Gasteiger partial charge in [-0.05, 0) is 48.7 Å². The highest BCUT2D eigenvalue weighted by Crippen LogP contribution is 2.29. The van der Waals surface area contributed by atoms with Crippen LogP contribution in [-0.2, 0) is 22.6 Å². The number of rotatable bonds is 7. The fourth-order valence-electron chi connectivity index (χ4n) is 2.53. The quantitative estimate of drug-likeness (QED) is 0.730. The molecule has 1 atom stereocenters. The van der Waals surface area contributed by atoms with E-state index in [1.165, 1.54) is 12.1 Å². The molecule has 1 amide bonds. The summed E-state index contributed by atoms with van der Waals surface area (Å²) < 4.78 is 62.3. The van der Waals surface area contributed by atoms with Crippen LogP contribution in [0, 0.1) is 0 Å². The number of hydrogen-bond acceptors (Lipinski definition) is 3. The molecule has 5 nitrogen and oxygen atoms in total. The number of sulfonamides is 1. The summed E-state index contributed by atoms with van der Waals surface area (Å²) in [6, 6.07) is 10.9. The third-order valence-electron chi connectivity index (χ3n) is 4.08. The van der Waals surface area contributed by atoms with Crippen LogP contribution in [0.3, 0.4) is 0 Å². The lowest BCUT2D eigenvalue weighted by atomic mass is 10.0. The van der Waals surface area contributed by atoms with Crippen LogP contribution in [0.2, 0.25) is 0 Å². The van der Waals surface area contributed by atoms with Crippen molar-refractivity contribution >= 4 is 15.9 Å². The summed E-state index contributed by atoms with van der Waals surface area (Å²) in [7, 11) is -3.24. The molecule has 0 saturated carbocycles. The number of carbonyl (C=O) groups excluding carboxylic acids is 1. The molecular formula is C19H21F3N2O3S. The lowest BCUT2D eigenvalue weighted by Gasteiger charge is -2.16. The second-order valence-electron chi connectivity index (χ2n) is 6.43. The zero-order chi connectivity index (χ0) is 20.9. The minimum absolute atomic E-state index is 0.259. The maximum absolute atomic E-state index is 12.6. The Hall–Kier alpha value is -2.39. The van der Waals surface area contributed by atoms with Crippen molar-refractivity contribution in [3.8, 4) is 0 Å². The summed E-state index contributed by atoms with van der Waals surface area (Å²) in [6.07, 6.45) is -2.83. The number of hydrogen-bond donors (Lipinski definition) is 2. The largest absolute Gasteiger partial charge is 0.416 e. The normalized spacial score (nSPS) is 13.2. The number of carbonyl (C=O) groups is 1. The van der Waals surface area contributed by atoms with Gasteiger partial charge in [-0.15, -0.1) is 0 Å².